The molecule has 1 aromatic heterocycles. The summed E-state index contributed by atoms with van der Waals surface area (Å²) in [5.74, 6) is -0.148. The van der Waals surface area contributed by atoms with E-state index in [1.54, 1.807) is 19.9 Å². The molecule has 0 unspecified atom stereocenters. The Balaban J connectivity index is 2.21. The lowest BCUT2D eigenvalue weighted by molar-refractivity contribution is 0.102. The number of carbonyl (C=O) groups excluding carboxylic acids is 1. The Morgan fingerprint density at radius 2 is 2.00 bits per heavy atom. The molecule has 0 saturated heterocycles. The van der Waals surface area contributed by atoms with Gasteiger partial charge in [-0.2, -0.15) is 5.10 Å². The van der Waals surface area contributed by atoms with E-state index >= 15 is 0 Å². The molecule has 2 aromatic rings. The number of aryl methyl sites for hydroxylation is 2. The van der Waals surface area contributed by atoms with Crippen molar-refractivity contribution in [2.24, 2.45) is 0 Å². The number of carbonyl (C=O) groups is 1. The van der Waals surface area contributed by atoms with Crippen molar-refractivity contribution in [3.63, 3.8) is 0 Å². The first-order valence-corrected chi connectivity index (χ1v) is 5.87. The van der Waals surface area contributed by atoms with Crippen LogP contribution in [0.2, 0.25) is 0 Å². The average Bonchev–Trinajstić information content (AvgIpc) is 2.42. The maximum atomic E-state index is 12.0. The van der Waals surface area contributed by atoms with Crippen LogP contribution in [0.5, 0.6) is 11.5 Å². The molecule has 0 aliphatic carbocycles. The van der Waals surface area contributed by atoms with Crippen molar-refractivity contribution in [3.8, 4) is 11.5 Å². The zero-order valence-corrected chi connectivity index (χ0v) is 11.3. The fraction of sp³-hybridized carbons (Fsp3) is 0.231. The molecule has 0 saturated carbocycles. The largest absolute Gasteiger partial charge is 0.507 e. The zero-order valence-electron chi connectivity index (χ0n) is 11.3. The Bertz CT molecular complexity index is 658. The predicted molar refractivity (Wildman–Crippen MR) is 71.9 cm³/mol. The van der Waals surface area contributed by atoms with Crippen LogP contribution < -0.4 is 10.1 Å². The van der Waals surface area contributed by atoms with Crippen LogP contribution >= 0.6 is 0 Å². The first-order chi connectivity index (χ1) is 9.51. The number of rotatable bonds is 3. The first-order valence-electron chi connectivity index (χ1n) is 5.87. The van der Waals surface area contributed by atoms with Crippen LogP contribution in [0, 0.1) is 13.8 Å². The van der Waals surface area contributed by atoms with E-state index in [1.807, 2.05) is 0 Å². The van der Waals surface area contributed by atoms with Gasteiger partial charge in [-0.1, -0.05) is 0 Å². The van der Waals surface area contributed by atoms with Crippen molar-refractivity contribution in [1.82, 2.24) is 15.2 Å². The van der Waals surface area contributed by atoms with Gasteiger partial charge < -0.3 is 9.84 Å². The summed E-state index contributed by atoms with van der Waals surface area (Å²) in [6.07, 6.45) is 0. The number of amides is 1. The minimum Gasteiger partial charge on any atom is -0.507 e. The maximum Gasteiger partial charge on any atom is 0.261 e. The van der Waals surface area contributed by atoms with Gasteiger partial charge in [-0.05, 0) is 26.0 Å². The van der Waals surface area contributed by atoms with Gasteiger partial charge >= 0.3 is 0 Å². The Kier molecular flexibility index (Phi) is 3.79. The highest BCUT2D eigenvalue weighted by Crippen LogP contribution is 2.23. The van der Waals surface area contributed by atoms with Crippen LogP contribution in [0.4, 0.5) is 5.95 Å². The summed E-state index contributed by atoms with van der Waals surface area (Å²) < 4.78 is 4.95. The smallest absolute Gasteiger partial charge is 0.261 e. The van der Waals surface area contributed by atoms with E-state index in [9.17, 15) is 9.90 Å². The molecule has 0 aliphatic rings. The van der Waals surface area contributed by atoms with Gasteiger partial charge in [-0.3, -0.25) is 10.1 Å². The summed E-state index contributed by atoms with van der Waals surface area (Å²) in [4.78, 5) is 16.1. The molecule has 2 rings (SSSR count). The number of nitrogens with one attached hydrogen (secondary N) is 1. The molecule has 1 heterocycles. The monoisotopic (exact) mass is 274 g/mol. The number of hydrogen-bond donors (Lipinski definition) is 2. The average molecular weight is 274 g/mol. The molecule has 2 N–H and O–H groups in total. The second-order valence-corrected chi connectivity index (χ2v) is 4.14. The number of aromatic hydroxyl groups is 1. The fourth-order valence-corrected chi connectivity index (χ4v) is 1.51. The Morgan fingerprint density at radius 3 is 2.60 bits per heavy atom. The molecular formula is C13H14N4O3. The third-order valence-electron chi connectivity index (χ3n) is 2.77. The lowest BCUT2D eigenvalue weighted by Crippen LogP contribution is -2.15. The summed E-state index contributed by atoms with van der Waals surface area (Å²) >= 11 is 0. The van der Waals surface area contributed by atoms with Gasteiger partial charge in [0.25, 0.3) is 5.91 Å². The van der Waals surface area contributed by atoms with E-state index in [-0.39, 0.29) is 17.3 Å². The second kappa shape index (κ2) is 5.52. The lowest BCUT2D eigenvalue weighted by Gasteiger charge is -2.07. The van der Waals surface area contributed by atoms with Gasteiger partial charge in [0.15, 0.2) is 0 Å². The molecule has 0 atom stereocenters. The second-order valence-electron chi connectivity index (χ2n) is 4.14. The SMILES string of the molecule is COc1ccc(C(=O)Nc2nnc(C)c(C)n2)c(O)c1. The third kappa shape index (κ3) is 2.82. The molecule has 7 heteroatoms. The number of nitrogens with zero attached hydrogens (tertiary/aromatic N) is 3. The normalized spacial score (nSPS) is 10.2. The van der Waals surface area contributed by atoms with Crippen LogP contribution in [0.1, 0.15) is 21.7 Å². The highest BCUT2D eigenvalue weighted by Gasteiger charge is 2.14. The van der Waals surface area contributed by atoms with Crippen molar-refractivity contribution >= 4 is 11.9 Å². The summed E-state index contributed by atoms with van der Waals surface area (Å²) in [6.45, 7) is 3.54. The van der Waals surface area contributed by atoms with Crippen molar-refractivity contribution in [1.29, 1.82) is 0 Å². The number of ether oxygens (including phenoxy) is 1. The van der Waals surface area contributed by atoms with Crippen LogP contribution in [-0.2, 0) is 0 Å². The maximum absolute atomic E-state index is 12.0. The molecule has 0 spiro atoms. The van der Waals surface area contributed by atoms with Crippen LogP contribution in [-0.4, -0.2) is 33.3 Å². The highest BCUT2D eigenvalue weighted by atomic mass is 16.5. The molecular weight excluding hydrogens is 260 g/mol. The van der Waals surface area contributed by atoms with E-state index in [4.69, 9.17) is 4.74 Å². The van der Waals surface area contributed by atoms with Crippen LogP contribution in [0.3, 0.4) is 0 Å². The number of phenols is 1. The van der Waals surface area contributed by atoms with Crippen molar-refractivity contribution in [2.45, 2.75) is 13.8 Å². The molecule has 20 heavy (non-hydrogen) atoms. The standard InChI is InChI=1S/C13H14N4O3/c1-7-8(2)16-17-13(14-7)15-12(19)10-5-4-9(20-3)6-11(10)18/h4-6,18H,1-3H3,(H,14,15,17,19). The summed E-state index contributed by atoms with van der Waals surface area (Å²) in [5.41, 5.74) is 1.47. The molecule has 0 fully saturated rings. The fourth-order valence-electron chi connectivity index (χ4n) is 1.51. The van der Waals surface area contributed by atoms with E-state index in [2.05, 4.69) is 20.5 Å². The van der Waals surface area contributed by atoms with Gasteiger partial charge in [-0.15, -0.1) is 5.10 Å². The molecule has 1 aromatic carbocycles. The first kappa shape index (κ1) is 13.7. The number of hydrogen-bond acceptors (Lipinski definition) is 6. The zero-order chi connectivity index (χ0) is 14.7. The van der Waals surface area contributed by atoms with Gasteiger partial charge in [0, 0.05) is 6.07 Å². The summed E-state index contributed by atoms with van der Waals surface area (Å²) in [7, 11) is 1.48. The molecule has 1 amide bonds. The van der Waals surface area contributed by atoms with E-state index < -0.39 is 5.91 Å². The highest BCUT2D eigenvalue weighted by molar-refractivity contribution is 6.05. The summed E-state index contributed by atoms with van der Waals surface area (Å²) in [6, 6.07) is 4.39. The molecule has 0 bridgehead atoms. The number of aromatic nitrogens is 3. The van der Waals surface area contributed by atoms with Gasteiger partial charge in [-0.25, -0.2) is 4.98 Å². The molecule has 7 nitrogen and oxygen atoms in total. The number of methoxy groups -OCH3 is 1. The summed E-state index contributed by atoms with van der Waals surface area (Å²) in [5, 5.41) is 19.9. The van der Waals surface area contributed by atoms with Gasteiger partial charge in [0.2, 0.25) is 5.95 Å². The van der Waals surface area contributed by atoms with E-state index in [0.717, 1.165) is 0 Å². The molecule has 104 valence electrons. The topological polar surface area (TPSA) is 97.2 Å². The number of anilines is 1. The quantitative estimate of drug-likeness (QED) is 0.879. The lowest BCUT2D eigenvalue weighted by atomic mass is 10.2. The minimum absolute atomic E-state index is 0.0910. The van der Waals surface area contributed by atoms with Crippen molar-refractivity contribution in [3.05, 3.63) is 35.2 Å². The third-order valence-corrected chi connectivity index (χ3v) is 2.77. The van der Waals surface area contributed by atoms with Gasteiger partial charge in [0.05, 0.1) is 24.1 Å². The van der Waals surface area contributed by atoms with Crippen LogP contribution in [0.15, 0.2) is 18.2 Å². The molecule has 0 radical (unpaired) electrons. The Morgan fingerprint density at radius 1 is 1.25 bits per heavy atom. The molecule has 0 aliphatic heterocycles. The van der Waals surface area contributed by atoms with Crippen LogP contribution in [0.25, 0.3) is 0 Å². The minimum atomic E-state index is -0.518. The van der Waals surface area contributed by atoms with E-state index in [0.29, 0.717) is 17.1 Å². The Hall–Kier alpha value is -2.70. The van der Waals surface area contributed by atoms with Gasteiger partial charge in [0.1, 0.15) is 11.5 Å². The van der Waals surface area contributed by atoms with Crippen molar-refractivity contribution in [2.75, 3.05) is 12.4 Å². The van der Waals surface area contributed by atoms with Crippen molar-refractivity contribution < 1.29 is 14.6 Å². The number of phenolic OH excluding ortho intramolecular Hbond substituents is 1. The van der Waals surface area contributed by atoms with E-state index in [1.165, 1.54) is 19.2 Å². The predicted octanol–water partition coefficient (Wildman–Crippen LogP) is 1.45. The number of benzene rings is 1. The Labute approximate surface area is 115 Å².